The zero-order chi connectivity index (χ0) is 20.9. The summed E-state index contributed by atoms with van der Waals surface area (Å²) in [5, 5.41) is 4.47. The monoisotopic (exact) mass is 414 g/mol. The standard InChI is InChI=1S/C21H22N2O5S/c1-22-21(24)18-14-16(10-11-19(18)27-2)29(25,26)23-12-13-28-20-9-5-7-15-6-3-4-8-17(15)20/h3-11,14,23H,12-13H2,1-2H3,(H,22,24). The van der Waals surface area contributed by atoms with Crippen LogP contribution < -0.4 is 19.5 Å². The van der Waals surface area contributed by atoms with Crippen LogP contribution in [0.25, 0.3) is 10.8 Å². The SMILES string of the molecule is CNC(=O)c1cc(S(=O)(=O)NCCOc2cccc3ccccc23)ccc1OC. The molecule has 0 atom stereocenters. The Bertz CT molecular complexity index is 1120. The molecule has 0 heterocycles. The number of amides is 1. The van der Waals surface area contributed by atoms with Crippen molar-refractivity contribution in [3.05, 3.63) is 66.2 Å². The van der Waals surface area contributed by atoms with Gasteiger partial charge < -0.3 is 14.8 Å². The van der Waals surface area contributed by atoms with E-state index < -0.39 is 15.9 Å². The lowest BCUT2D eigenvalue weighted by Gasteiger charge is -2.12. The highest BCUT2D eigenvalue weighted by Crippen LogP contribution is 2.25. The normalized spacial score (nSPS) is 11.2. The Morgan fingerprint density at radius 1 is 1.00 bits per heavy atom. The third kappa shape index (κ3) is 4.67. The van der Waals surface area contributed by atoms with Gasteiger partial charge in [0.2, 0.25) is 10.0 Å². The van der Waals surface area contributed by atoms with E-state index in [1.165, 1.54) is 32.4 Å². The summed E-state index contributed by atoms with van der Waals surface area (Å²) in [7, 11) is -0.932. The smallest absolute Gasteiger partial charge is 0.254 e. The van der Waals surface area contributed by atoms with Crippen molar-refractivity contribution in [2.45, 2.75) is 4.90 Å². The molecule has 0 saturated carbocycles. The molecule has 0 aliphatic rings. The molecule has 0 aliphatic heterocycles. The van der Waals surface area contributed by atoms with Gasteiger partial charge in [0.15, 0.2) is 0 Å². The molecule has 0 radical (unpaired) electrons. The molecule has 0 fully saturated rings. The molecule has 0 saturated heterocycles. The number of carbonyl (C=O) groups excluding carboxylic acids is 1. The Morgan fingerprint density at radius 3 is 2.52 bits per heavy atom. The first kappa shape index (κ1) is 20.6. The van der Waals surface area contributed by atoms with E-state index in [4.69, 9.17) is 9.47 Å². The largest absolute Gasteiger partial charge is 0.496 e. The quantitative estimate of drug-likeness (QED) is 0.553. The number of fused-ring (bicyclic) bond motifs is 1. The molecule has 0 aromatic heterocycles. The Kier molecular flexibility index (Phi) is 6.36. The number of hydrogen-bond acceptors (Lipinski definition) is 5. The topological polar surface area (TPSA) is 93.7 Å². The molecule has 3 rings (SSSR count). The van der Waals surface area contributed by atoms with Crippen molar-refractivity contribution < 1.29 is 22.7 Å². The summed E-state index contributed by atoms with van der Waals surface area (Å²) < 4.78 is 38.5. The molecule has 3 aromatic carbocycles. The number of benzene rings is 3. The van der Waals surface area contributed by atoms with Crippen molar-refractivity contribution in [1.82, 2.24) is 10.0 Å². The molecule has 7 nitrogen and oxygen atoms in total. The maximum Gasteiger partial charge on any atom is 0.254 e. The summed E-state index contributed by atoms with van der Waals surface area (Å²) in [5.41, 5.74) is 0.143. The summed E-state index contributed by atoms with van der Waals surface area (Å²) in [6, 6.07) is 17.6. The molecule has 1 amide bonds. The summed E-state index contributed by atoms with van der Waals surface area (Å²) in [4.78, 5) is 11.9. The average Bonchev–Trinajstić information content (AvgIpc) is 2.75. The second-order valence-electron chi connectivity index (χ2n) is 6.16. The number of sulfonamides is 1. The molecule has 0 bridgehead atoms. The van der Waals surface area contributed by atoms with E-state index in [0.717, 1.165) is 10.8 Å². The van der Waals surface area contributed by atoms with Crippen LogP contribution in [0.15, 0.2) is 65.6 Å². The van der Waals surface area contributed by atoms with E-state index in [-0.39, 0.29) is 23.6 Å². The van der Waals surface area contributed by atoms with Crippen molar-refractivity contribution in [1.29, 1.82) is 0 Å². The lowest BCUT2D eigenvalue weighted by Crippen LogP contribution is -2.28. The summed E-state index contributed by atoms with van der Waals surface area (Å²) in [6.07, 6.45) is 0. The predicted octanol–water partition coefficient (Wildman–Crippen LogP) is 2.57. The van der Waals surface area contributed by atoms with Gasteiger partial charge in [-0.25, -0.2) is 13.1 Å². The molecule has 29 heavy (non-hydrogen) atoms. The maximum absolute atomic E-state index is 12.6. The van der Waals surface area contributed by atoms with Gasteiger partial charge in [-0.3, -0.25) is 4.79 Å². The lowest BCUT2D eigenvalue weighted by atomic mass is 10.1. The minimum absolute atomic E-state index is 0.0259. The fourth-order valence-electron chi connectivity index (χ4n) is 2.91. The van der Waals surface area contributed by atoms with Gasteiger partial charge in [-0.1, -0.05) is 36.4 Å². The van der Waals surface area contributed by atoms with E-state index in [9.17, 15) is 13.2 Å². The van der Waals surface area contributed by atoms with Crippen molar-refractivity contribution >= 4 is 26.7 Å². The van der Waals surface area contributed by atoms with E-state index >= 15 is 0 Å². The number of ether oxygens (including phenoxy) is 2. The molecule has 152 valence electrons. The first-order valence-corrected chi connectivity index (χ1v) is 10.4. The van der Waals surface area contributed by atoms with Gasteiger partial charge in [0.1, 0.15) is 18.1 Å². The molecular formula is C21H22N2O5S. The maximum atomic E-state index is 12.6. The fraction of sp³-hybridized carbons (Fsp3) is 0.190. The van der Waals surface area contributed by atoms with Crippen molar-refractivity contribution in [2.75, 3.05) is 27.3 Å². The zero-order valence-electron chi connectivity index (χ0n) is 16.1. The van der Waals surface area contributed by atoms with Gasteiger partial charge in [-0.05, 0) is 29.7 Å². The number of nitrogens with one attached hydrogen (secondary N) is 2. The first-order valence-electron chi connectivity index (χ1n) is 8.96. The molecule has 0 aliphatic carbocycles. The summed E-state index contributed by atoms with van der Waals surface area (Å²) >= 11 is 0. The van der Waals surface area contributed by atoms with Gasteiger partial charge in [-0.15, -0.1) is 0 Å². The van der Waals surface area contributed by atoms with E-state index in [2.05, 4.69) is 10.0 Å². The van der Waals surface area contributed by atoms with E-state index in [1.807, 2.05) is 42.5 Å². The number of carbonyl (C=O) groups is 1. The van der Waals surface area contributed by atoms with Crippen LogP contribution in [0.2, 0.25) is 0 Å². The highest BCUT2D eigenvalue weighted by molar-refractivity contribution is 7.89. The Labute approximate surface area is 169 Å². The Balaban J connectivity index is 1.68. The number of methoxy groups -OCH3 is 1. The van der Waals surface area contributed by atoms with Crippen LogP contribution in [0.3, 0.4) is 0 Å². The van der Waals surface area contributed by atoms with Crippen molar-refractivity contribution in [3.63, 3.8) is 0 Å². The van der Waals surface area contributed by atoms with Gasteiger partial charge in [0.05, 0.1) is 17.6 Å². The van der Waals surface area contributed by atoms with Gasteiger partial charge >= 0.3 is 0 Å². The summed E-state index contributed by atoms with van der Waals surface area (Å²) in [6.45, 7) is 0.235. The molecule has 2 N–H and O–H groups in total. The Morgan fingerprint density at radius 2 is 1.76 bits per heavy atom. The molecule has 3 aromatic rings. The van der Waals surface area contributed by atoms with E-state index in [0.29, 0.717) is 11.5 Å². The van der Waals surface area contributed by atoms with Crippen LogP contribution in [0.5, 0.6) is 11.5 Å². The van der Waals surface area contributed by atoms with Crippen LogP contribution in [-0.2, 0) is 10.0 Å². The predicted molar refractivity (Wildman–Crippen MR) is 111 cm³/mol. The zero-order valence-corrected chi connectivity index (χ0v) is 17.0. The summed E-state index contributed by atoms with van der Waals surface area (Å²) in [5.74, 6) is 0.550. The molecular weight excluding hydrogens is 392 g/mol. The first-order chi connectivity index (χ1) is 14.0. The van der Waals surface area contributed by atoms with Crippen LogP contribution >= 0.6 is 0 Å². The molecule has 0 spiro atoms. The third-order valence-corrected chi connectivity index (χ3v) is 5.81. The highest BCUT2D eigenvalue weighted by Gasteiger charge is 2.19. The second kappa shape index (κ2) is 8.93. The molecule has 8 heteroatoms. The molecule has 0 unspecified atom stereocenters. The van der Waals surface area contributed by atoms with Gasteiger partial charge in [-0.2, -0.15) is 0 Å². The highest BCUT2D eigenvalue weighted by atomic mass is 32.2. The second-order valence-corrected chi connectivity index (χ2v) is 7.93. The van der Waals surface area contributed by atoms with Gasteiger partial charge in [0.25, 0.3) is 5.91 Å². The lowest BCUT2D eigenvalue weighted by molar-refractivity contribution is 0.0960. The van der Waals surface area contributed by atoms with Crippen molar-refractivity contribution in [3.8, 4) is 11.5 Å². The average molecular weight is 414 g/mol. The minimum atomic E-state index is -3.81. The van der Waals surface area contributed by atoms with Crippen LogP contribution in [0, 0.1) is 0 Å². The van der Waals surface area contributed by atoms with Gasteiger partial charge in [0, 0.05) is 19.0 Å². The number of rotatable bonds is 8. The van der Waals surface area contributed by atoms with E-state index in [1.54, 1.807) is 0 Å². The van der Waals surface area contributed by atoms with Crippen molar-refractivity contribution in [2.24, 2.45) is 0 Å². The van der Waals surface area contributed by atoms with Crippen LogP contribution in [-0.4, -0.2) is 41.6 Å². The Hall–Kier alpha value is -3.10. The number of hydrogen-bond donors (Lipinski definition) is 2. The van der Waals surface area contributed by atoms with Crippen LogP contribution in [0.1, 0.15) is 10.4 Å². The minimum Gasteiger partial charge on any atom is -0.496 e. The third-order valence-electron chi connectivity index (χ3n) is 4.35. The fourth-order valence-corrected chi connectivity index (χ4v) is 3.95. The van der Waals surface area contributed by atoms with Crippen LogP contribution in [0.4, 0.5) is 0 Å².